The van der Waals surface area contributed by atoms with Gasteiger partial charge in [0.25, 0.3) is 0 Å². The summed E-state index contributed by atoms with van der Waals surface area (Å²) in [5.74, 6) is 0. The van der Waals surface area contributed by atoms with Crippen molar-refractivity contribution in [3.63, 3.8) is 0 Å². The third kappa shape index (κ3) is 8.52. The molecule has 2 nitrogen and oxygen atoms in total. The quantitative estimate of drug-likeness (QED) is 0.530. The zero-order valence-electron chi connectivity index (χ0n) is 10.2. The molecule has 0 heterocycles. The van der Waals surface area contributed by atoms with Gasteiger partial charge in [0.15, 0.2) is 0 Å². The Bertz CT molecular complexity index is 100. The molecule has 0 aromatic heterocycles. The molecule has 0 aromatic carbocycles. The summed E-state index contributed by atoms with van der Waals surface area (Å²) in [6.45, 7) is 3.43. The highest BCUT2D eigenvalue weighted by Crippen LogP contribution is 2.08. The average molecular weight is 200 g/mol. The highest BCUT2D eigenvalue weighted by Gasteiger charge is 2.01. The number of rotatable bonds is 10. The zero-order chi connectivity index (χ0) is 10.6. The summed E-state index contributed by atoms with van der Waals surface area (Å²) in [5, 5.41) is 6.54. The summed E-state index contributed by atoms with van der Waals surface area (Å²) in [7, 11) is 4.10. The third-order valence-electron chi connectivity index (χ3n) is 2.88. The van der Waals surface area contributed by atoms with Gasteiger partial charge in [-0.15, -0.1) is 0 Å². The van der Waals surface area contributed by atoms with Crippen LogP contribution >= 0.6 is 0 Å². The molecule has 14 heavy (non-hydrogen) atoms. The van der Waals surface area contributed by atoms with Crippen LogP contribution in [0.25, 0.3) is 0 Å². The van der Waals surface area contributed by atoms with Crippen molar-refractivity contribution in [1.82, 2.24) is 10.6 Å². The van der Waals surface area contributed by atoms with Gasteiger partial charge in [-0.1, -0.05) is 32.6 Å². The lowest BCUT2D eigenvalue weighted by atomic mass is 10.0. The maximum atomic E-state index is 3.35. The minimum atomic E-state index is 0.743. The fourth-order valence-electron chi connectivity index (χ4n) is 1.78. The number of unbranched alkanes of at least 4 members (excludes halogenated alkanes) is 4. The van der Waals surface area contributed by atoms with E-state index in [4.69, 9.17) is 0 Å². The van der Waals surface area contributed by atoms with E-state index in [1.165, 1.54) is 51.5 Å². The van der Waals surface area contributed by atoms with E-state index in [0.29, 0.717) is 0 Å². The minimum Gasteiger partial charge on any atom is -0.320 e. The second-order valence-corrected chi connectivity index (χ2v) is 4.05. The molecule has 1 unspecified atom stereocenters. The maximum Gasteiger partial charge on any atom is 0.00614 e. The van der Waals surface area contributed by atoms with Crippen LogP contribution in [0.3, 0.4) is 0 Å². The zero-order valence-corrected chi connectivity index (χ0v) is 10.2. The molecule has 0 fully saturated rings. The van der Waals surface area contributed by atoms with Crippen molar-refractivity contribution < 1.29 is 0 Å². The van der Waals surface area contributed by atoms with Gasteiger partial charge >= 0.3 is 0 Å². The van der Waals surface area contributed by atoms with E-state index < -0.39 is 0 Å². The van der Waals surface area contributed by atoms with Crippen molar-refractivity contribution in [2.75, 3.05) is 20.6 Å². The Kier molecular flexibility index (Phi) is 10.9. The first-order valence-electron chi connectivity index (χ1n) is 6.17. The lowest BCUT2D eigenvalue weighted by Gasteiger charge is -2.12. The second kappa shape index (κ2) is 11.0. The van der Waals surface area contributed by atoms with Gasteiger partial charge in [0, 0.05) is 6.04 Å². The summed E-state index contributed by atoms with van der Waals surface area (Å²) >= 11 is 0. The number of nitrogens with one attached hydrogen (secondary N) is 2. The van der Waals surface area contributed by atoms with Crippen LogP contribution < -0.4 is 10.6 Å². The maximum absolute atomic E-state index is 3.35. The van der Waals surface area contributed by atoms with Crippen molar-refractivity contribution in [2.45, 2.75) is 57.9 Å². The van der Waals surface area contributed by atoms with E-state index in [2.05, 4.69) is 24.6 Å². The molecule has 2 heteroatoms. The first kappa shape index (κ1) is 13.9. The largest absolute Gasteiger partial charge is 0.320 e. The second-order valence-electron chi connectivity index (χ2n) is 4.05. The molecule has 0 saturated carbocycles. The monoisotopic (exact) mass is 200 g/mol. The fraction of sp³-hybridized carbons (Fsp3) is 1.00. The molecule has 0 rings (SSSR count). The molecule has 0 aliphatic carbocycles. The van der Waals surface area contributed by atoms with Gasteiger partial charge in [-0.2, -0.15) is 0 Å². The summed E-state index contributed by atoms with van der Waals surface area (Å²) in [4.78, 5) is 0. The topological polar surface area (TPSA) is 24.1 Å². The van der Waals surface area contributed by atoms with E-state index in [-0.39, 0.29) is 0 Å². The SMILES string of the molecule is CCC(CCCCCCCNC)NC. The number of hydrogen-bond acceptors (Lipinski definition) is 2. The molecule has 1 atom stereocenters. The Morgan fingerprint density at radius 2 is 1.57 bits per heavy atom. The third-order valence-corrected chi connectivity index (χ3v) is 2.88. The predicted octanol–water partition coefficient (Wildman–Crippen LogP) is 2.54. The van der Waals surface area contributed by atoms with Gasteiger partial charge < -0.3 is 10.6 Å². The van der Waals surface area contributed by atoms with Crippen LogP contribution in [0.2, 0.25) is 0 Å². The molecule has 0 aromatic rings. The molecule has 0 spiro atoms. The highest BCUT2D eigenvalue weighted by atomic mass is 14.9. The van der Waals surface area contributed by atoms with Crippen LogP contribution in [0.1, 0.15) is 51.9 Å². The Balaban J connectivity index is 3.04. The van der Waals surface area contributed by atoms with E-state index in [9.17, 15) is 0 Å². The Hall–Kier alpha value is -0.0800. The summed E-state index contributed by atoms with van der Waals surface area (Å²) in [6.07, 6.45) is 9.52. The van der Waals surface area contributed by atoms with Crippen LogP contribution in [-0.2, 0) is 0 Å². The smallest absolute Gasteiger partial charge is 0.00614 e. The first-order valence-corrected chi connectivity index (χ1v) is 6.17. The number of hydrogen-bond donors (Lipinski definition) is 2. The normalized spacial score (nSPS) is 13.1. The molecule has 0 bridgehead atoms. The molecule has 0 amide bonds. The van der Waals surface area contributed by atoms with Gasteiger partial charge in [0.05, 0.1) is 0 Å². The van der Waals surface area contributed by atoms with Crippen LogP contribution in [0.5, 0.6) is 0 Å². The van der Waals surface area contributed by atoms with Crippen LogP contribution in [0.15, 0.2) is 0 Å². The predicted molar refractivity (Wildman–Crippen MR) is 64.8 cm³/mol. The lowest BCUT2D eigenvalue weighted by Crippen LogP contribution is -2.23. The summed E-state index contributed by atoms with van der Waals surface area (Å²) < 4.78 is 0. The molecular formula is C12H28N2. The fourth-order valence-corrected chi connectivity index (χ4v) is 1.78. The van der Waals surface area contributed by atoms with E-state index in [1.807, 2.05) is 7.05 Å². The van der Waals surface area contributed by atoms with Crippen molar-refractivity contribution in [2.24, 2.45) is 0 Å². The molecule has 0 aliphatic rings. The Morgan fingerprint density at radius 3 is 2.14 bits per heavy atom. The van der Waals surface area contributed by atoms with E-state index in [0.717, 1.165) is 6.04 Å². The first-order chi connectivity index (χ1) is 6.85. The molecule has 2 N–H and O–H groups in total. The van der Waals surface area contributed by atoms with Crippen LogP contribution in [0, 0.1) is 0 Å². The highest BCUT2D eigenvalue weighted by molar-refractivity contribution is 4.61. The minimum absolute atomic E-state index is 0.743. The van der Waals surface area contributed by atoms with Gasteiger partial charge in [0.2, 0.25) is 0 Å². The lowest BCUT2D eigenvalue weighted by molar-refractivity contribution is 0.471. The van der Waals surface area contributed by atoms with Crippen molar-refractivity contribution in [1.29, 1.82) is 0 Å². The summed E-state index contributed by atoms with van der Waals surface area (Å²) in [5.41, 5.74) is 0. The van der Waals surface area contributed by atoms with Crippen LogP contribution in [-0.4, -0.2) is 26.7 Å². The van der Waals surface area contributed by atoms with Crippen molar-refractivity contribution in [3.05, 3.63) is 0 Å². The van der Waals surface area contributed by atoms with Crippen molar-refractivity contribution >= 4 is 0 Å². The average Bonchev–Trinajstić information content (AvgIpc) is 2.22. The molecule has 0 radical (unpaired) electrons. The van der Waals surface area contributed by atoms with Gasteiger partial charge in [-0.3, -0.25) is 0 Å². The molecule has 0 saturated heterocycles. The Labute approximate surface area is 89.9 Å². The van der Waals surface area contributed by atoms with Gasteiger partial charge in [-0.25, -0.2) is 0 Å². The van der Waals surface area contributed by atoms with E-state index >= 15 is 0 Å². The molecule has 86 valence electrons. The van der Waals surface area contributed by atoms with Gasteiger partial charge in [-0.05, 0) is 39.9 Å². The standard InChI is InChI=1S/C12H28N2/c1-4-12(14-3)10-8-6-5-7-9-11-13-2/h12-14H,4-11H2,1-3H3. The van der Waals surface area contributed by atoms with E-state index in [1.54, 1.807) is 0 Å². The molecule has 0 aliphatic heterocycles. The summed E-state index contributed by atoms with van der Waals surface area (Å²) in [6, 6.07) is 0.743. The van der Waals surface area contributed by atoms with Gasteiger partial charge in [0.1, 0.15) is 0 Å². The Morgan fingerprint density at radius 1 is 0.929 bits per heavy atom. The van der Waals surface area contributed by atoms with Crippen molar-refractivity contribution in [3.8, 4) is 0 Å². The van der Waals surface area contributed by atoms with Crippen LogP contribution in [0.4, 0.5) is 0 Å². The molecular weight excluding hydrogens is 172 g/mol.